The van der Waals surface area contributed by atoms with Crippen molar-refractivity contribution in [2.75, 3.05) is 31.6 Å². The summed E-state index contributed by atoms with van der Waals surface area (Å²) < 4.78 is 27.8. The zero-order valence-corrected chi connectivity index (χ0v) is 15.5. The molecule has 144 valence electrons. The molecule has 1 amide bonds. The first kappa shape index (κ1) is 19.9. The summed E-state index contributed by atoms with van der Waals surface area (Å²) in [7, 11) is 1.65. The molecule has 0 aromatic heterocycles. The molecule has 3 N–H and O–H groups in total. The van der Waals surface area contributed by atoms with E-state index >= 15 is 0 Å². The van der Waals surface area contributed by atoms with Crippen molar-refractivity contribution in [1.29, 1.82) is 0 Å². The highest BCUT2D eigenvalue weighted by atomic mass is 19.1. The third-order valence-corrected chi connectivity index (χ3v) is 4.10. The molecule has 8 heteroatoms. The molecule has 0 bridgehead atoms. The molecule has 1 saturated heterocycles. The van der Waals surface area contributed by atoms with Crippen molar-refractivity contribution in [2.24, 2.45) is 4.99 Å². The molecule has 1 unspecified atom stereocenters. The first-order valence-corrected chi connectivity index (χ1v) is 8.86. The van der Waals surface area contributed by atoms with Gasteiger partial charge in [0, 0.05) is 45.2 Å². The van der Waals surface area contributed by atoms with Gasteiger partial charge < -0.3 is 20.9 Å². The molecule has 0 spiro atoms. The zero-order chi connectivity index (χ0) is 19.1. The number of rotatable bonds is 6. The quantitative estimate of drug-likeness (QED) is 0.528. The molecule has 26 heavy (non-hydrogen) atoms. The Morgan fingerprint density at radius 3 is 2.65 bits per heavy atom. The van der Waals surface area contributed by atoms with E-state index in [1.165, 1.54) is 18.2 Å². The maximum atomic E-state index is 13.9. The first-order valence-electron chi connectivity index (χ1n) is 8.86. The van der Waals surface area contributed by atoms with Crippen LogP contribution in [-0.2, 0) is 4.79 Å². The van der Waals surface area contributed by atoms with E-state index in [-0.39, 0.29) is 23.7 Å². The highest BCUT2D eigenvalue weighted by molar-refractivity contribution is 5.81. The molecule has 1 aliphatic rings. The Bertz CT molecular complexity index is 630. The van der Waals surface area contributed by atoms with Crippen molar-refractivity contribution in [3.05, 3.63) is 29.8 Å². The van der Waals surface area contributed by atoms with Crippen LogP contribution in [0, 0.1) is 11.6 Å². The summed E-state index contributed by atoms with van der Waals surface area (Å²) in [4.78, 5) is 17.5. The second-order valence-corrected chi connectivity index (χ2v) is 6.62. The van der Waals surface area contributed by atoms with Crippen LogP contribution in [-0.4, -0.2) is 50.6 Å². The number of nitrogens with zero attached hydrogens (tertiary/aromatic N) is 2. The number of hydrogen-bond donors (Lipinski definition) is 3. The fraction of sp³-hybridized carbons (Fsp3) is 0.556. The summed E-state index contributed by atoms with van der Waals surface area (Å²) in [5.74, 6) is -0.554. The van der Waals surface area contributed by atoms with Gasteiger partial charge in [0.1, 0.15) is 17.3 Å². The van der Waals surface area contributed by atoms with Gasteiger partial charge in [0.05, 0.1) is 0 Å². The van der Waals surface area contributed by atoms with Crippen LogP contribution in [0.15, 0.2) is 23.2 Å². The molecule has 0 saturated carbocycles. The second-order valence-electron chi connectivity index (χ2n) is 6.62. The van der Waals surface area contributed by atoms with Gasteiger partial charge in [-0.05, 0) is 32.4 Å². The molecule has 1 fully saturated rings. The lowest BCUT2D eigenvalue weighted by Crippen LogP contribution is -2.45. The number of amides is 1. The lowest BCUT2D eigenvalue weighted by molar-refractivity contribution is -0.121. The number of carbonyl (C=O) groups is 1. The van der Waals surface area contributed by atoms with Gasteiger partial charge >= 0.3 is 0 Å². The summed E-state index contributed by atoms with van der Waals surface area (Å²) >= 11 is 0. The molecule has 1 atom stereocenters. The number of guanidine groups is 1. The fourth-order valence-electron chi connectivity index (χ4n) is 2.95. The zero-order valence-electron chi connectivity index (χ0n) is 15.5. The Morgan fingerprint density at radius 2 is 2.04 bits per heavy atom. The molecule has 0 aliphatic carbocycles. The molecule has 6 nitrogen and oxygen atoms in total. The van der Waals surface area contributed by atoms with Crippen molar-refractivity contribution in [3.8, 4) is 0 Å². The van der Waals surface area contributed by atoms with E-state index in [2.05, 4.69) is 20.9 Å². The summed E-state index contributed by atoms with van der Waals surface area (Å²) in [5, 5.41) is 9.15. The molecule has 0 radical (unpaired) electrons. The summed E-state index contributed by atoms with van der Waals surface area (Å²) in [6.45, 7) is 5.32. The third-order valence-electron chi connectivity index (χ3n) is 4.10. The lowest BCUT2D eigenvalue weighted by atomic mass is 10.2. The smallest absolute Gasteiger partial charge is 0.221 e. The molecule has 1 aromatic rings. The Kier molecular flexibility index (Phi) is 7.17. The van der Waals surface area contributed by atoms with Crippen LogP contribution in [0.2, 0.25) is 0 Å². The highest BCUT2D eigenvalue weighted by Gasteiger charge is 2.27. The Hall–Kier alpha value is -2.38. The van der Waals surface area contributed by atoms with Crippen LogP contribution in [0.3, 0.4) is 0 Å². The predicted octanol–water partition coefficient (Wildman–Crippen LogP) is 1.62. The second kappa shape index (κ2) is 9.35. The number of halogens is 2. The van der Waals surface area contributed by atoms with Crippen molar-refractivity contribution in [3.63, 3.8) is 0 Å². The van der Waals surface area contributed by atoms with E-state index in [1.807, 2.05) is 13.8 Å². The number of anilines is 1. The number of hydrogen-bond acceptors (Lipinski definition) is 3. The molecular weight excluding hydrogens is 340 g/mol. The van der Waals surface area contributed by atoms with Gasteiger partial charge in [-0.1, -0.05) is 6.07 Å². The molecular formula is C18H27F2N5O. The average molecular weight is 367 g/mol. The summed E-state index contributed by atoms with van der Waals surface area (Å²) in [6.07, 6.45) is 1.08. The minimum Gasteiger partial charge on any atom is -0.365 e. The summed E-state index contributed by atoms with van der Waals surface area (Å²) in [5.41, 5.74) is 0.0186. The number of benzene rings is 1. The maximum Gasteiger partial charge on any atom is 0.221 e. The van der Waals surface area contributed by atoms with E-state index < -0.39 is 11.6 Å². The van der Waals surface area contributed by atoms with Gasteiger partial charge in [-0.3, -0.25) is 9.79 Å². The first-order chi connectivity index (χ1) is 12.4. The van der Waals surface area contributed by atoms with E-state index in [1.54, 1.807) is 11.9 Å². The van der Waals surface area contributed by atoms with Crippen LogP contribution in [0.5, 0.6) is 0 Å². The topological polar surface area (TPSA) is 68.8 Å². The number of aliphatic imine (C=N–C) groups is 1. The van der Waals surface area contributed by atoms with Crippen LogP contribution >= 0.6 is 0 Å². The lowest BCUT2D eigenvalue weighted by Gasteiger charge is -2.21. The fourth-order valence-corrected chi connectivity index (χ4v) is 2.95. The third kappa shape index (κ3) is 5.57. The number of carbonyl (C=O) groups excluding carboxylic acids is 1. The number of para-hydroxylation sites is 1. The van der Waals surface area contributed by atoms with Crippen molar-refractivity contribution in [1.82, 2.24) is 16.0 Å². The van der Waals surface area contributed by atoms with Gasteiger partial charge in [0.2, 0.25) is 5.91 Å². The average Bonchev–Trinajstić information content (AvgIpc) is 3.01. The van der Waals surface area contributed by atoms with Crippen molar-refractivity contribution < 1.29 is 13.6 Å². The molecule has 1 aromatic carbocycles. The van der Waals surface area contributed by atoms with Gasteiger partial charge in [0.25, 0.3) is 0 Å². The van der Waals surface area contributed by atoms with Crippen molar-refractivity contribution in [2.45, 2.75) is 38.8 Å². The van der Waals surface area contributed by atoms with Crippen LogP contribution < -0.4 is 20.9 Å². The van der Waals surface area contributed by atoms with E-state index in [9.17, 15) is 13.6 Å². The van der Waals surface area contributed by atoms with Gasteiger partial charge in [-0.25, -0.2) is 8.78 Å². The standard InChI is InChI=1S/C18H27F2N5O/c1-12(2)23-16(26)7-9-22-18(21-3)24-13-8-10-25(11-13)17-14(19)5-4-6-15(17)20/h4-6,12-13H,7-11H2,1-3H3,(H,23,26)(H2,21,22,24). The Labute approximate surface area is 153 Å². The minimum absolute atomic E-state index is 0.0182. The summed E-state index contributed by atoms with van der Waals surface area (Å²) in [6, 6.07) is 4.03. The van der Waals surface area contributed by atoms with E-state index in [4.69, 9.17) is 0 Å². The van der Waals surface area contributed by atoms with Crippen LogP contribution in [0.25, 0.3) is 0 Å². The molecule has 1 heterocycles. The van der Waals surface area contributed by atoms with Crippen LogP contribution in [0.4, 0.5) is 14.5 Å². The van der Waals surface area contributed by atoms with Gasteiger partial charge in [0.15, 0.2) is 5.96 Å². The monoisotopic (exact) mass is 367 g/mol. The molecule has 2 rings (SSSR count). The van der Waals surface area contributed by atoms with E-state index in [0.717, 1.165) is 6.42 Å². The SMILES string of the molecule is CN=C(NCCC(=O)NC(C)C)NC1CCN(c2c(F)cccc2F)C1. The largest absolute Gasteiger partial charge is 0.365 e. The normalized spacial score (nSPS) is 17.5. The number of nitrogens with one attached hydrogen (secondary N) is 3. The van der Waals surface area contributed by atoms with Crippen LogP contribution in [0.1, 0.15) is 26.7 Å². The molecule has 1 aliphatic heterocycles. The predicted molar refractivity (Wildman–Crippen MR) is 99.4 cm³/mol. The maximum absolute atomic E-state index is 13.9. The minimum atomic E-state index is -0.552. The highest BCUT2D eigenvalue weighted by Crippen LogP contribution is 2.26. The van der Waals surface area contributed by atoms with Crippen molar-refractivity contribution >= 4 is 17.6 Å². The Balaban J connectivity index is 1.82. The van der Waals surface area contributed by atoms with Gasteiger partial charge in [-0.2, -0.15) is 0 Å². The van der Waals surface area contributed by atoms with E-state index in [0.29, 0.717) is 32.0 Å². The van der Waals surface area contributed by atoms with Gasteiger partial charge in [-0.15, -0.1) is 0 Å². The Morgan fingerprint density at radius 1 is 1.35 bits per heavy atom.